The van der Waals surface area contributed by atoms with Gasteiger partial charge in [0.25, 0.3) is 0 Å². The predicted octanol–water partition coefficient (Wildman–Crippen LogP) is 2.59. The van der Waals surface area contributed by atoms with Crippen LogP contribution in [0.25, 0.3) is 0 Å². The van der Waals surface area contributed by atoms with Gasteiger partial charge in [0, 0.05) is 30.8 Å². The number of carbonyl (C=O) groups is 1. The summed E-state index contributed by atoms with van der Waals surface area (Å²) in [5.74, 6) is 2.81. The largest absolute Gasteiger partial charge is 0.497 e. The fourth-order valence-electron chi connectivity index (χ4n) is 2.62. The van der Waals surface area contributed by atoms with Gasteiger partial charge in [-0.25, -0.2) is 4.79 Å². The van der Waals surface area contributed by atoms with E-state index in [4.69, 9.17) is 9.26 Å². The molecule has 1 saturated heterocycles. The average molecular weight is 314 g/mol. The van der Waals surface area contributed by atoms with Gasteiger partial charge in [-0.15, -0.1) is 0 Å². The van der Waals surface area contributed by atoms with Crippen molar-refractivity contribution < 1.29 is 14.1 Å². The highest BCUT2D eigenvalue weighted by Gasteiger charge is 2.37. The number of nitrogens with zero attached hydrogens (tertiary/aromatic N) is 3. The lowest BCUT2D eigenvalue weighted by molar-refractivity contribution is 0.147. The molecule has 7 nitrogen and oxygen atoms in total. The van der Waals surface area contributed by atoms with Crippen molar-refractivity contribution in [3.63, 3.8) is 0 Å². The fraction of sp³-hybridized carbons (Fsp3) is 0.438. The van der Waals surface area contributed by atoms with Gasteiger partial charge in [0.15, 0.2) is 5.82 Å². The highest BCUT2D eigenvalue weighted by atomic mass is 16.5. The summed E-state index contributed by atoms with van der Waals surface area (Å²) in [6.45, 7) is 1.20. The van der Waals surface area contributed by atoms with Crippen molar-refractivity contribution in [2.75, 3.05) is 25.5 Å². The van der Waals surface area contributed by atoms with Gasteiger partial charge in [-0.3, -0.25) is 0 Å². The number of aromatic nitrogens is 2. The first kappa shape index (κ1) is 14.0. The summed E-state index contributed by atoms with van der Waals surface area (Å²) in [4.78, 5) is 18.4. The van der Waals surface area contributed by atoms with Crippen molar-refractivity contribution >= 4 is 11.7 Å². The summed E-state index contributed by atoms with van der Waals surface area (Å²) in [7, 11) is 1.60. The van der Waals surface area contributed by atoms with E-state index in [1.807, 2.05) is 18.2 Å². The van der Waals surface area contributed by atoms with Gasteiger partial charge in [0.2, 0.25) is 5.89 Å². The molecule has 2 amide bonds. The number of nitrogens with one attached hydrogen (secondary N) is 1. The van der Waals surface area contributed by atoms with Crippen LogP contribution >= 0.6 is 0 Å². The van der Waals surface area contributed by atoms with E-state index in [0.717, 1.165) is 18.7 Å². The van der Waals surface area contributed by atoms with Gasteiger partial charge < -0.3 is 19.5 Å². The molecule has 120 valence electrons. The Morgan fingerprint density at radius 1 is 1.35 bits per heavy atom. The molecular formula is C16H18N4O3. The van der Waals surface area contributed by atoms with Crippen LogP contribution in [0.5, 0.6) is 5.75 Å². The molecule has 2 heterocycles. The van der Waals surface area contributed by atoms with Crippen molar-refractivity contribution in [2.45, 2.75) is 24.7 Å². The van der Waals surface area contributed by atoms with Crippen molar-refractivity contribution in [1.29, 1.82) is 0 Å². The van der Waals surface area contributed by atoms with Gasteiger partial charge in [-0.1, -0.05) is 11.2 Å². The maximum atomic E-state index is 12.2. The number of hydrogen-bond donors (Lipinski definition) is 1. The molecule has 1 aliphatic heterocycles. The SMILES string of the molecule is COc1cccc(NC(=O)N2CC(c3nc(C4CC4)no3)C2)c1. The molecule has 0 atom stereocenters. The van der Waals surface area contributed by atoms with Gasteiger partial charge in [-0.05, 0) is 25.0 Å². The molecule has 1 saturated carbocycles. The molecule has 0 radical (unpaired) electrons. The zero-order valence-corrected chi connectivity index (χ0v) is 12.9. The first-order valence-electron chi connectivity index (χ1n) is 7.76. The van der Waals surface area contributed by atoms with Gasteiger partial charge >= 0.3 is 6.03 Å². The lowest BCUT2D eigenvalue weighted by atomic mass is 10.0. The molecule has 23 heavy (non-hydrogen) atoms. The molecule has 1 aromatic carbocycles. The van der Waals surface area contributed by atoms with Crippen LogP contribution in [0.3, 0.4) is 0 Å². The number of methoxy groups -OCH3 is 1. The standard InChI is InChI=1S/C16H18N4O3/c1-22-13-4-2-3-12(7-13)17-16(21)20-8-11(9-20)15-18-14(19-23-15)10-5-6-10/h2-4,7,10-11H,5-6,8-9H2,1H3,(H,17,21). The summed E-state index contributed by atoms with van der Waals surface area (Å²) in [6, 6.07) is 7.16. The summed E-state index contributed by atoms with van der Waals surface area (Å²) in [5.41, 5.74) is 0.714. The first-order chi connectivity index (χ1) is 11.2. The van der Waals surface area contributed by atoms with Crippen molar-refractivity contribution in [3.05, 3.63) is 36.0 Å². The molecule has 1 N–H and O–H groups in total. The Kier molecular flexibility index (Phi) is 3.40. The molecule has 1 aromatic heterocycles. The minimum absolute atomic E-state index is 0.128. The summed E-state index contributed by atoms with van der Waals surface area (Å²) >= 11 is 0. The number of amides is 2. The quantitative estimate of drug-likeness (QED) is 0.938. The minimum atomic E-state index is -0.128. The lowest BCUT2D eigenvalue weighted by Crippen LogP contribution is -2.50. The van der Waals surface area contributed by atoms with E-state index in [9.17, 15) is 4.79 Å². The predicted molar refractivity (Wildman–Crippen MR) is 82.6 cm³/mol. The minimum Gasteiger partial charge on any atom is -0.497 e. The maximum absolute atomic E-state index is 12.2. The average Bonchev–Trinajstić information content (AvgIpc) is 3.25. The Bertz CT molecular complexity index is 720. The molecule has 2 aromatic rings. The zero-order valence-electron chi connectivity index (χ0n) is 12.9. The second kappa shape index (κ2) is 5.57. The van der Waals surface area contributed by atoms with Crippen LogP contribution in [0.15, 0.2) is 28.8 Å². The number of rotatable bonds is 4. The third-order valence-electron chi connectivity index (χ3n) is 4.24. The third kappa shape index (κ3) is 2.86. The molecule has 4 rings (SSSR count). The van der Waals surface area contributed by atoms with E-state index in [0.29, 0.717) is 36.3 Å². The smallest absolute Gasteiger partial charge is 0.321 e. The Labute approximate surface area is 133 Å². The molecule has 7 heteroatoms. The molecule has 1 aliphatic carbocycles. The van der Waals surface area contributed by atoms with Crippen LogP contribution in [-0.4, -0.2) is 41.3 Å². The molecule has 0 unspecified atom stereocenters. The first-order valence-corrected chi connectivity index (χ1v) is 7.76. The second-order valence-corrected chi connectivity index (χ2v) is 6.03. The Hall–Kier alpha value is -2.57. The van der Waals surface area contributed by atoms with Crippen molar-refractivity contribution in [2.24, 2.45) is 0 Å². The summed E-state index contributed by atoms with van der Waals surface area (Å²) in [6.07, 6.45) is 2.30. The number of benzene rings is 1. The van der Waals surface area contributed by atoms with Crippen LogP contribution in [-0.2, 0) is 0 Å². The fourth-order valence-corrected chi connectivity index (χ4v) is 2.62. The number of likely N-dealkylation sites (tertiary alicyclic amines) is 1. The van der Waals surface area contributed by atoms with Crippen LogP contribution in [0, 0.1) is 0 Å². The van der Waals surface area contributed by atoms with E-state index < -0.39 is 0 Å². The van der Waals surface area contributed by atoms with Crippen molar-refractivity contribution in [3.8, 4) is 5.75 Å². The zero-order chi connectivity index (χ0) is 15.8. The number of hydrogen-bond acceptors (Lipinski definition) is 5. The molecule has 0 spiro atoms. The maximum Gasteiger partial charge on any atom is 0.321 e. The Morgan fingerprint density at radius 3 is 2.91 bits per heavy atom. The van der Waals surface area contributed by atoms with Gasteiger partial charge in [0.1, 0.15) is 5.75 Å². The van der Waals surface area contributed by atoms with Crippen LogP contribution in [0.4, 0.5) is 10.5 Å². The summed E-state index contributed by atoms with van der Waals surface area (Å²) < 4.78 is 10.5. The summed E-state index contributed by atoms with van der Waals surface area (Å²) in [5, 5.41) is 6.88. The molecule has 0 bridgehead atoms. The monoisotopic (exact) mass is 314 g/mol. The number of ether oxygens (including phenoxy) is 1. The third-order valence-corrected chi connectivity index (χ3v) is 4.24. The number of anilines is 1. The van der Waals surface area contributed by atoms with Crippen LogP contribution in [0.2, 0.25) is 0 Å². The van der Waals surface area contributed by atoms with E-state index >= 15 is 0 Å². The normalized spacial score (nSPS) is 17.7. The van der Waals surface area contributed by atoms with E-state index in [1.165, 1.54) is 0 Å². The lowest BCUT2D eigenvalue weighted by Gasteiger charge is -2.36. The van der Waals surface area contributed by atoms with Gasteiger partial charge in [-0.2, -0.15) is 4.98 Å². The molecule has 2 fully saturated rings. The highest BCUT2D eigenvalue weighted by molar-refractivity contribution is 5.90. The highest BCUT2D eigenvalue weighted by Crippen LogP contribution is 2.39. The van der Waals surface area contributed by atoms with E-state index in [-0.39, 0.29) is 11.9 Å². The van der Waals surface area contributed by atoms with Crippen LogP contribution in [0.1, 0.15) is 36.4 Å². The topological polar surface area (TPSA) is 80.5 Å². The van der Waals surface area contributed by atoms with E-state index in [1.54, 1.807) is 18.1 Å². The van der Waals surface area contributed by atoms with Gasteiger partial charge in [0.05, 0.1) is 13.0 Å². The molecule has 2 aliphatic rings. The Morgan fingerprint density at radius 2 is 2.17 bits per heavy atom. The second-order valence-electron chi connectivity index (χ2n) is 6.03. The van der Waals surface area contributed by atoms with E-state index in [2.05, 4.69) is 15.5 Å². The van der Waals surface area contributed by atoms with Crippen LogP contribution < -0.4 is 10.1 Å². The molecular weight excluding hydrogens is 296 g/mol. The number of urea groups is 1. The number of carbonyl (C=O) groups excluding carboxylic acids is 1. The van der Waals surface area contributed by atoms with Crippen molar-refractivity contribution in [1.82, 2.24) is 15.0 Å². The Balaban J connectivity index is 1.32.